The fourth-order valence-corrected chi connectivity index (χ4v) is 12.4. The van der Waals surface area contributed by atoms with Crippen LogP contribution in [0.3, 0.4) is 0 Å². The third-order valence-corrected chi connectivity index (χ3v) is 18.9. The summed E-state index contributed by atoms with van der Waals surface area (Å²) >= 11 is 0. The number of aliphatic hydroxyl groups is 1. The molecule has 0 aromatic carbocycles. The molecule has 0 bridgehead atoms. The molecule has 0 aliphatic rings. The van der Waals surface area contributed by atoms with Gasteiger partial charge in [0, 0.05) is 25.7 Å². The van der Waals surface area contributed by atoms with E-state index in [2.05, 4.69) is 125 Å². The normalized spacial score (nSPS) is 14.4. The number of esters is 4. The Hall–Kier alpha value is -4.02. The van der Waals surface area contributed by atoms with Gasteiger partial charge in [0.2, 0.25) is 0 Å². The van der Waals surface area contributed by atoms with Crippen LogP contribution in [0.15, 0.2) is 97.2 Å². The van der Waals surface area contributed by atoms with Gasteiger partial charge >= 0.3 is 39.5 Å². The standard InChI is InChI=1S/C83H146O17P2/c1-5-9-13-17-21-25-29-32-35-37-38-40-42-45-49-52-56-60-64-68-81(86)94-74-79(100-83(88)70-66-62-58-54-50-46-43-39-36-33-30-26-22-18-14-10-6-2)76-98-102(91,92)96-72-77(84)71-95-101(89,90)97-75-78(99-82(87)69-65-61-57-53-47-28-24-20-16-12-8-4)73-93-80(85)67-63-59-55-51-48-44-41-34-31-27-23-19-15-11-7-3/h10,14,20-22,24-26,32-36,38,40-41,77-79,84H,5-9,11-13,15-19,23,27-31,37,39,42-76H2,1-4H3,(H,89,90)(H,91,92)/b14-10-,24-20-,25-21-,26-22-,35-32-,36-33-,40-38-,41-34-. The van der Waals surface area contributed by atoms with E-state index in [9.17, 15) is 43.2 Å². The molecule has 0 rings (SSSR count). The molecule has 5 unspecified atom stereocenters. The van der Waals surface area contributed by atoms with Crippen LogP contribution >= 0.6 is 15.6 Å². The van der Waals surface area contributed by atoms with E-state index in [1.54, 1.807) is 0 Å². The number of allylic oxidation sites excluding steroid dienone is 16. The second-order valence-corrected chi connectivity index (χ2v) is 29.9. The molecule has 0 spiro atoms. The lowest BCUT2D eigenvalue weighted by atomic mass is 10.1. The van der Waals surface area contributed by atoms with E-state index < -0.39 is 97.5 Å². The van der Waals surface area contributed by atoms with Gasteiger partial charge < -0.3 is 33.8 Å². The molecule has 0 heterocycles. The van der Waals surface area contributed by atoms with E-state index in [1.807, 2.05) is 0 Å². The lowest BCUT2D eigenvalue weighted by Gasteiger charge is -2.21. The van der Waals surface area contributed by atoms with E-state index in [0.29, 0.717) is 25.7 Å². The summed E-state index contributed by atoms with van der Waals surface area (Å²) in [5, 5.41) is 10.6. The van der Waals surface area contributed by atoms with Crippen LogP contribution in [0.4, 0.5) is 0 Å². The van der Waals surface area contributed by atoms with Crippen LogP contribution < -0.4 is 0 Å². The maximum absolute atomic E-state index is 13.1. The molecule has 3 N–H and O–H groups in total. The number of aliphatic hydroxyl groups excluding tert-OH is 1. The van der Waals surface area contributed by atoms with E-state index in [1.165, 1.54) is 70.6 Å². The zero-order chi connectivity index (χ0) is 74.6. The summed E-state index contributed by atoms with van der Waals surface area (Å²) < 4.78 is 68.6. The number of phosphoric acid groups is 2. The van der Waals surface area contributed by atoms with Crippen molar-refractivity contribution in [3.05, 3.63) is 97.2 Å². The topological polar surface area (TPSA) is 237 Å². The smallest absolute Gasteiger partial charge is 0.462 e. The highest BCUT2D eigenvalue weighted by atomic mass is 31.2. The average Bonchev–Trinajstić information content (AvgIpc) is 0.927. The quantitative estimate of drug-likeness (QED) is 0.0169. The number of rotatable bonds is 76. The SMILES string of the molecule is CC/C=C\C/C=C\C/C=C\CCCCCCCCCC(=O)OC(COC(=O)CCCCCCCC/C=C\C/C=C\C/C=C\CCCCC)COP(=O)(O)OCC(O)COP(=O)(O)OCC(COC(=O)CCCCCCC/C=C\CCCCCCCC)OC(=O)CCCCCCC/C=C\CCCC. The third kappa shape index (κ3) is 74.3. The van der Waals surface area contributed by atoms with Gasteiger partial charge in [-0.1, -0.05) is 279 Å². The maximum Gasteiger partial charge on any atom is 0.472 e. The Morgan fingerprint density at radius 3 is 0.843 bits per heavy atom. The summed E-state index contributed by atoms with van der Waals surface area (Å²) in [6.07, 6.45) is 79.5. The largest absolute Gasteiger partial charge is 0.472 e. The molecule has 0 radical (unpaired) electrons. The van der Waals surface area contributed by atoms with Crippen LogP contribution in [0.1, 0.15) is 349 Å². The Balaban J connectivity index is 5.34. The zero-order valence-corrected chi connectivity index (χ0v) is 66.3. The molecule has 0 saturated heterocycles. The minimum atomic E-state index is -4.98. The Morgan fingerprint density at radius 1 is 0.284 bits per heavy atom. The molecule has 102 heavy (non-hydrogen) atoms. The Labute approximate surface area is 620 Å². The Morgan fingerprint density at radius 2 is 0.520 bits per heavy atom. The van der Waals surface area contributed by atoms with Gasteiger partial charge in [0.15, 0.2) is 12.2 Å². The number of hydrogen-bond donors (Lipinski definition) is 3. The monoisotopic (exact) mass is 1480 g/mol. The van der Waals surface area contributed by atoms with Gasteiger partial charge in [-0.2, -0.15) is 0 Å². The highest BCUT2D eigenvalue weighted by molar-refractivity contribution is 7.47. The molecule has 0 aliphatic heterocycles. The predicted molar refractivity (Wildman–Crippen MR) is 418 cm³/mol. The highest BCUT2D eigenvalue weighted by Gasteiger charge is 2.30. The van der Waals surface area contributed by atoms with Gasteiger partial charge in [-0.15, -0.1) is 0 Å². The fourth-order valence-electron chi connectivity index (χ4n) is 10.8. The van der Waals surface area contributed by atoms with Gasteiger partial charge in [0.25, 0.3) is 0 Å². The first-order valence-corrected chi connectivity index (χ1v) is 43.5. The molecule has 5 atom stereocenters. The van der Waals surface area contributed by atoms with Crippen LogP contribution in [0.2, 0.25) is 0 Å². The lowest BCUT2D eigenvalue weighted by Crippen LogP contribution is -2.30. The van der Waals surface area contributed by atoms with Gasteiger partial charge in [-0.05, 0) is 141 Å². The van der Waals surface area contributed by atoms with Gasteiger partial charge in [0.1, 0.15) is 19.3 Å². The summed E-state index contributed by atoms with van der Waals surface area (Å²) in [7, 11) is -9.96. The number of ether oxygens (including phenoxy) is 4. The number of phosphoric ester groups is 2. The first-order valence-electron chi connectivity index (χ1n) is 40.5. The molecule has 0 aromatic rings. The van der Waals surface area contributed by atoms with E-state index in [-0.39, 0.29) is 25.7 Å². The first-order chi connectivity index (χ1) is 49.7. The van der Waals surface area contributed by atoms with Crippen LogP contribution in [0.5, 0.6) is 0 Å². The van der Waals surface area contributed by atoms with E-state index in [0.717, 1.165) is 199 Å². The predicted octanol–water partition coefficient (Wildman–Crippen LogP) is 23.6. The summed E-state index contributed by atoms with van der Waals surface area (Å²) in [6, 6.07) is 0. The van der Waals surface area contributed by atoms with E-state index in [4.69, 9.17) is 37.0 Å². The van der Waals surface area contributed by atoms with Crippen molar-refractivity contribution < 1.29 is 80.2 Å². The number of carbonyl (C=O) groups excluding carboxylic acids is 4. The van der Waals surface area contributed by atoms with Crippen LogP contribution in [-0.2, 0) is 65.4 Å². The minimum Gasteiger partial charge on any atom is -0.462 e. The van der Waals surface area contributed by atoms with Crippen LogP contribution in [0, 0.1) is 0 Å². The molecule has 0 fully saturated rings. The number of carbonyl (C=O) groups is 4. The molecular formula is C83H146O17P2. The zero-order valence-electron chi connectivity index (χ0n) is 64.5. The fraction of sp³-hybridized carbons (Fsp3) is 0.759. The second-order valence-electron chi connectivity index (χ2n) is 27.0. The van der Waals surface area contributed by atoms with Crippen molar-refractivity contribution in [2.45, 2.75) is 367 Å². The van der Waals surface area contributed by atoms with E-state index >= 15 is 0 Å². The van der Waals surface area contributed by atoms with Crippen molar-refractivity contribution >= 4 is 39.5 Å². The first kappa shape index (κ1) is 98.0. The number of unbranched alkanes of at least 4 members (excludes halogenated alkanes) is 34. The van der Waals surface area contributed by atoms with Gasteiger partial charge in [-0.25, -0.2) is 9.13 Å². The van der Waals surface area contributed by atoms with Crippen LogP contribution in [0.25, 0.3) is 0 Å². The Bertz CT molecular complexity index is 2310. The lowest BCUT2D eigenvalue weighted by molar-refractivity contribution is -0.161. The van der Waals surface area contributed by atoms with Crippen LogP contribution in [-0.4, -0.2) is 96.7 Å². The number of hydrogen-bond acceptors (Lipinski definition) is 15. The van der Waals surface area contributed by atoms with Gasteiger partial charge in [-0.3, -0.25) is 37.3 Å². The average molecular weight is 1480 g/mol. The van der Waals surface area contributed by atoms with Crippen molar-refractivity contribution in [1.29, 1.82) is 0 Å². The molecule has 17 nitrogen and oxygen atoms in total. The molecule has 590 valence electrons. The van der Waals surface area contributed by atoms with Crippen molar-refractivity contribution in [3.63, 3.8) is 0 Å². The summed E-state index contributed by atoms with van der Waals surface area (Å²) in [5.74, 6) is -2.20. The molecular weight excluding hydrogens is 1330 g/mol. The van der Waals surface area contributed by atoms with Crippen molar-refractivity contribution in [3.8, 4) is 0 Å². The highest BCUT2D eigenvalue weighted by Crippen LogP contribution is 2.45. The third-order valence-electron chi connectivity index (χ3n) is 17.0. The van der Waals surface area contributed by atoms with Crippen molar-refractivity contribution in [2.24, 2.45) is 0 Å². The summed E-state index contributed by atoms with van der Waals surface area (Å²) in [6.45, 7) is 4.69. The molecule has 19 heteroatoms. The van der Waals surface area contributed by atoms with Gasteiger partial charge in [0.05, 0.1) is 26.4 Å². The molecule has 0 aromatic heterocycles. The Kier molecular flexibility index (Phi) is 72.3. The maximum atomic E-state index is 13.1. The second kappa shape index (κ2) is 75.2. The summed E-state index contributed by atoms with van der Waals surface area (Å²) in [4.78, 5) is 73.0. The molecule has 0 aliphatic carbocycles. The minimum absolute atomic E-state index is 0.0804. The van der Waals surface area contributed by atoms with Crippen molar-refractivity contribution in [2.75, 3.05) is 39.6 Å². The van der Waals surface area contributed by atoms with Crippen molar-refractivity contribution in [1.82, 2.24) is 0 Å². The molecule has 0 saturated carbocycles. The molecule has 0 amide bonds. The summed E-state index contributed by atoms with van der Waals surface area (Å²) in [5.41, 5.74) is 0.